The molecule has 0 saturated heterocycles. The maximum Gasteiger partial charge on any atom is 0.224 e. The quantitative estimate of drug-likeness (QED) is 0.907. The Balaban J connectivity index is 2.04. The van der Waals surface area contributed by atoms with Crippen LogP contribution in [0.5, 0.6) is 11.5 Å². The number of ether oxygens (including phenoxy) is 2. The minimum absolute atomic E-state index is 0.0739. The van der Waals surface area contributed by atoms with E-state index in [0.29, 0.717) is 12.5 Å². The molecule has 0 atom stereocenters. The van der Waals surface area contributed by atoms with Gasteiger partial charge in [-0.1, -0.05) is 25.3 Å². The van der Waals surface area contributed by atoms with E-state index >= 15 is 0 Å². The van der Waals surface area contributed by atoms with Gasteiger partial charge in [0.05, 0.1) is 20.6 Å². The lowest BCUT2D eigenvalue weighted by Crippen LogP contribution is -2.37. The zero-order valence-electron chi connectivity index (χ0n) is 13.2. The molecule has 0 aliphatic heterocycles. The normalized spacial score (nSPS) is 15.6. The number of rotatable bonds is 5. The molecular weight excluding hydrogens is 266 g/mol. The molecule has 4 heteroatoms. The molecular formula is C17H25NO3. The minimum Gasteiger partial charge on any atom is -0.496 e. The van der Waals surface area contributed by atoms with Gasteiger partial charge in [0, 0.05) is 17.2 Å². The summed E-state index contributed by atoms with van der Waals surface area (Å²) in [5, 5.41) is 3.14. The van der Waals surface area contributed by atoms with Crippen LogP contribution < -0.4 is 14.8 Å². The van der Waals surface area contributed by atoms with Crippen LogP contribution in [0.25, 0.3) is 0 Å². The van der Waals surface area contributed by atoms with E-state index in [1.807, 2.05) is 19.1 Å². The number of amides is 1. The van der Waals surface area contributed by atoms with E-state index in [-0.39, 0.29) is 5.91 Å². The van der Waals surface area contributed by atoms with Crippen LogP contribution in [0.3, 0.4) is 0 Å². The lowest BCUT2D eigenvalue weighted by molar-refractivity contribution is -0.121. The highest BCUT2D eigenvalue weighted by molar-refractivity contribution is 5.80. The van der Waals surface area contributed by atoms with Crippen molar-refractivity contribution < 1.29 is 14.3 Å². The first-order valence-corrected chi connectivity index (χ1v) is 7.65. The molecule has 0 bridgehead atoms. The third-order valence-electron chi connectivity index (χ3n) is 4.18. The summed E-state index contributed by atoms with van der Waals surface area (Å²) < 4.78 is 10.7. The molecule has 0 heterocycles. The first-order chi connectivity index (χ1) is 10.2. The monoisotopic (exact) mass is 291 g/mol. The van der Waals surface area contributed by atoms with Crippen molar-refractivity contribution in [3.8, 4) is 11.5 Å². The Labute approximate surface area is 126 Å². The van der Waals surface area contributed by atoms with E-state index in [0.717, 1.165) is 35.5 Å². The smallest absolute Gasteiger partial charge is 0.224 e. The van der Waals surface area contributed by atoms with Crippen LogP contribution in [0.15, 0.2) is 12.1 Å². The summed E-state index contributed by atoms with van der Waals surface area (Å²) in [6.07, 6.45) is 6.28. The van der Waals surface area contributed by atoms with E-state index in [1.54, 1.807) is 14.2 Å². The van der Waals surface area contributed by atoms with E-state index in [1.165, 1.54) is 19.3 Å². The molecule has 0 spiro atoms. The molecule has 1 aromatic rings. The van der Waals surface area contributed by atoms with Crippen molar-refractivity contribution in [3.63, 3.8) is 0 Å². The summed E-state index contributed by atoms with van der Waals surface area (Å²) in [6.45, 7) is 1.94. The van der Waals surface area contributed by atoms with Gasteiger partial charge in [-0.25, -0.2) is 0 Å². The van der Waals surface area contributed by atoms with Crippen molar-refractivity contribution in [2.45, 2.75) is 51.5 Å². The lowest BCUT2D eigenvalue weighted by atomic mass is 9.95. The van der Waals surface area contributed by atoms with E-state index in [4.69, 9.17) is 9.47 Å². The predicted molar refractivity (Wildman–Crippen MR) is 83.0 cm³/mol. The molecule has 0 unspecified atom stereocenters. The van der Waals surface area contributed by atoms with E-state index in [2.05, 4.69) is 5.32 Å². The Morgan fingerprint density at radius 3 is 2.52 bits per heavy atom. The molecule has 4 nitrogen and oxygen atoms in total. The van der Waals surface area contributed by atoms with Crippen molar-refractivity contribution in [2.24, 2.45) is 0 Å². The van der Waals surface area contributed by atoms with Gasteiger partial charge in [-0.15, -0.1) is 0 Å². The highest BCUT2D eigenvalue weighted by atomic mass is 16.5. The average molecular weight is 291 g/mol. The van der Waals surface area contributed by atoms with Gasteiger partial charge in [0.2, 0.25) is 5.91 Å². The van der Waals surface area contributed by atoms with Crippen LogP contribution in [0.2, 0.25) is 0 Å². The van der Waals surface area contributed by atoms with Crippen LogP contribution in [0.4, 0.5) is 0 Å². The highest BCUT2D eigenvalue weighted by Crippen LogP contribution is 2.31. The Kier molecular flexibility index (Phi) is 5.48. The Morgan fingerprint density at radius 2 is 1.90 bits per heavy atom. The second-order valence-electron chi connectivity index (χ2n) is 5.66. The molecule has 1 aromatic carbocycles. The zero-order chi connectivity index (χ0) is 15.2. The second kappa shape index (κ2) is 7.34. The number of carbonyl (C=O) groups is 1. The van der Waals surface area contributed by atoms with Crippen LogP contribution in [0.1, 0.15) is 43.2 Å². The average Bonchev–Trinajstić information content (AvgIpc) is 2.48. The molecule has 1 saturated carbocycles. The van der Waals surface area contributed by atoms with Crippen LogP contribution in [-0.4, -0.2) is 26.2 Å². The van der Waals surface area contributed by atoms with Crippen molar-refractivity contribution in [2.75, 3.05) is 14.2 Å². The third-order valence-corrected chi connectivity index (χ3v) is 4.18. The van der Waals surface area contributed by atoms with E-state index in [9.17, 15) is 4.79 Å². The molecule has 116 valence electrons. The summed E-state index contributed by atoms with van der Waals surface area (Å²) >= 11 is 0. The summed E-state index contributed by atoms with van der Waals surface area (Å²) in [6, 6.07) is 4.14. The van der Waals surface area contributed by atoms with E-state index < -0.39 is 0 Å². The molecule has 1 fully saturated rings. The number of nitrogens with one attached hydrogen (secondary N) is 1. The van der Waals surface area contributed by atoms with Gasteiger partial charge >= 0.3 is 0 Å². The molecule has 21 heavy (non-hydrogen) atoms. The topological polar surface area (TPSA) is 47.6 Å². The number of carbonyl (C=O) groups excluding carboxylic acids is 1. The van der Waals surface area contributed by atoms with Gasteiger partial charge in [0.25, 0.3) is 0 Å². The first kappa shape index (κ1) is 15.7. The van der Waals surface area contributed by atoms with Gasteiger partial charge in [-0.2, -0.15) is 0 Å². The molecule has 1 amide bonds. The fourth-order valence-corrected chi connectivity index (χ4v) is 3.07. The second-order valence-corrected chi connectivity index (χ2v) is 5.66. The van der Waals surface area contributed by atoms with Gasteiger partial charge in [0.15, 0.2) is 0 Å². The lowest BCUT2D eigenvalue weighted by Gasteiger charge is -2.23. The van der Waals surface area contributed by atoms with Gasteiger partial charge in [-0.3, -0.25) is 4.79 Å². The maximum absolute atomic E-state index is 12.2. The van der Waals surface area contributed by atoms with Crippen molar-refractivity contribution >= 4 is 5.91 Å². The van der Waals surface area contributed by atoms with Crippen LogP contribution >= 0.6 is 0 Å². The molecule has 0 aromatic heterocycles. The number of benzene rings is 1. The summed E-state index contributed by atoms with van der Waals surface area (Å²) in [7, 11) is 3.27. The van der Waals surface area contributed by atoms with Crippen molar-refractivity contribution in [1.82, 2.24) is 5.32 Å². The van der Waals surface area contributed by atoms with Crippen LogP contribution in [0, 0.1) is 6.92 Å². The Hall–Kier alpha value is -1.71. The largest absolute Gasteiger partial charge is 0.496 e. The van der Waals surface area contributed by atoms with Gasteiger partial charge in [-0.05, 0) is 25.8 Å². The molecule has 0 radical (unpaired) electrons. The summed E-state index contributed by atoms with van der Waals surface area (Å²) in [5.74, 6) is 1.60. The highest BCUT2D eigenvalue weighted by Gasteiger charge is 2.18. The summed E-state index contributed by atoms with van der Waals surface area (Å²) in [5.41, 5.74) is 1.84. The predicted octanol–water partition coefficient (Wildman–Crippen LogP) is 3.00. The molecule has 1 aliphatic rings. The number of hydrogen-bond donors (Lipinski definition) is 1. The number of methoxy groups -OCH3 is 2. The standard InChI is InChI=1S/C17H25NO3/c1-12-15(20-2)10-9-13(17(12)21-3)11-16(19)18-14-7-5-4-6-8-14/h9-10,14H,4-8,11H2,1-3H3,(H,18,19). The molecule has 2 rings (SSSR count). The number of hydrogen-bond acceptors (Lipinski definition) is 3. The minimum atomic E-state index is 0.0739. The molecule has 1 N–H and O–H groups in total. The van der Waals surface area contributed by atoms with Gasteiger partial charge in [0.1, 0.15) is 11.5 Å². The van der Waals surface area contributed by atoms with Crippen molar-refractivity contribution in [3.05, 3.63) is 23.3 Å². The summed E-state index contributed by atoms with van der Waals surface area (Å²) in [4.78, 5) is 12.2. The van der Waals surface area contributed by atoms with Crippen LogP contribution in [-0.2, 0) is 11.2 Å². The fraction of sp³-hybridized carbons (Fsp3) is 0.588. The third kappa shape index (κ3) is 3.90. The first-order valence-electron chi connectivity index (χ1n) is 7.65. The molecule has 1 aliphatic carbocycles. The Bertz CT molecular complexity index is 493. The van der Waals surface area contributed by atoms with Gasteiger partial charge < -0.3 is 14.8 Å². The Morgan fingerprint density at radius 1 is 1.19 bits per heavy atom. The maximum atomic E-state index is 12.2. The fourth-order valence-electron chi connectivity index (χ4n) is 3.07. The SMILES string of the molecule is COc1ccc(CC(=O)NC2CCCCC2)c(OC)c1C. The van der Waals surface area contributed by atoms with Crippen molar-refractivity contribution in [1.29, 1.82) is 0 Å². The zero-order valence-corrected chi connectivity index (χ0v) is 13.2.